The van der Waals surface area contributed by atoms with Gasteiger partial charge in [0.05, 0.1) is 0 Å². The molecule has 14 heavy (non-hydrogen) atoms. The molecule has 1 aromatic carbocycles. The van der Waals surface area contributed by atoms with E-state index < -0.39 is 0 Å². The smallest absolute Gasteiger partial charge is 0.216 e. The molecule has 2 nitrogen and oxygen atoms in total. The van der Waals surface area contributed by atoms with Gasteiger partial charge in [-0.05, 0) is 29.2 Å². The van der Waals surface area contributed by atoms with Crippen LogP contribution in [-0.4, -0.2) is 10.2 Å². The van der Waals surface area contributed by atoms with E-state index in [1.54, 1.807) is 12.1 Å². The first-order valence-electron chi connectivity index (χ1n) is 4.39. The molecule has 3 heteroatoms. The summed E-state index contributed by atoms with van der Waals surface area (Å²) in [6, 6.07) is 4.72. The van der Waals surface area contributed by atoms with E-state index in [4.69, 9.17) is 0 Å². The average Bonchev–Trinajstić information content (AvgIpc) is 2.01. The highest BCUT2D eigenvalue weighted by atomic mass is 32.1. The zero-order valence-corrected chi connectivity index (χ0v) is 9.43. The predicted molar refractivity (Wildman–Crippen MR) is 60.1 cm³/mol. The van der Waals surface area contributed by atoms with Crippen molar-refractivity contribution in [3.8, 4) is 5.75 Å². The summed E-state index contributed by atoms with van der Waals surface area (Å²) in [5, 5.41) is 9.08. The molecule has 0 aliphatic rings. The second kappa shape index (κ2) is 3.65. The van der Waals surface area contributed by atoms with Gasteiger partial charge in [-0.1, -0.05) is 20.8 Å². The lowest BCUT2D eigenvalue weighted by Gasteiger charge is -2.21. The number of carbonyl (C=O) groups excluding carboxylic acids is 1. The largest absolute Gasteiger partial charge is 0.508 e. The van der Waals surface area contributed by atoms with Crippen molar-refractivity contribution in [2.24, 2.45) is 0 Å². The lowest BCUT2D eigenvalue weighted by molar-refractivity contribution is 0.108. The minimum Gasteiger partial charge on any atom is -0.508 e. The molecule has 0 bridgehead atoms. The Morgan fingerprint density at radius 2 is 1.93 bits per heavy atom. The summed E-state index contributed by atoms with van der Waals surface area (Å²) in [5.74, 6) is 0.174. The molecule has 0 radical (unpaired) electrons. The second-order valence-corrected chi connectivity index (χ2v) is 4.69. The van der Waals surface area contributed by atoms with Gasteiger partial charge in [0, 0.05) is 5.56 Å². The average molecular weight is 210 g/mol. The molecule has 76 valence electrons. The Labute approximate surface area is 89.4 Å². The molecule has 0 atom stereocenters. The monoisotopic (exact) mass is 210 g/mol. The third-order valence-electron chi connectivity index (χ3n) is 2.04. The summed E-state index contributed by atoms with van der Waals surface area (Å²) in [5.41, 5.74) is 1.20. The van der Waals surface area contributed by atoms with Crippen LogP contribution in [0.15, 0.2) is 18.2 Å². The summed E-state index contributed by atoms with van der Waals surface area (Å²) in [4.78, 5) is 11.2. The molecule has 0 aliphatic heterocycles. The van der Waals surface area contributed by atoms with Crippen LogP contribution in [0, 0.1) is 0 Å². The van der Waals surface area contributed by atoms with E-state index in [1.807, 2.05) is 20.8 Å². The van der Waals surface area contributed by atoms with Crippen LogP contribution >= 0.6 is 12.6 Å². The number of hydrogen-bond acceptors (Lipinski definition) is 2. The molecule has 0 unspecified atom stereocenters. The molecule has 1 aromatic rings. The first-order chi connectivity index (χ1) is 6.32. The number of phenols is 1. The summed E-state index contributed by atoms with van der Waals surface area (Å²) in [6.45, 7) is 5.96. The van der Waals surface area contributed by atoms with Crippen molar-refractivity contribution in [3.05, 3.63) is 29.3 Å². The van der Waals surface area contributed by atoms with E-state index in [0.717, 1.165) is 5.56 Å². The first kappa shape index (κ1) is 11.1. The van der Waals surface area contributed by atoms with E-state index >= 15 is 0 Å². The molecule has 1 rings (SSSR count). The zero-order chi connectivity index (χ0) is 10.9. The van der Waals surface area contributed by atoms with Gasteiger partial charge < -0.3 is 5.11 Å². The van der Waals surface area contributed by atoms with E-state index in [2.05, 4.69) is 12.6 Å². The maximum absolute atomic E-state index is 11.2. The third kappa shape index (κ3) is 2.29. The Kier molecular flexibility index (Phi) is 2.90. The van der Waals surface area contributed by atoms with E-state index in [1.165, 1.54) is 6.07 Å². The SMILES string of the molecule is CC(C)(C)c1cc(O)ccc1C(=O)S. The minimum atomic E-state index is -0.269. The Morgan fingerprint density at radius 1 is 1.36 bits per heavy atom. The molecular formula is C11H14O2S. The fourth-order valence-corrected chi connectivity index (χ4v) is 1.53. The minimum absolute atomic E-state index is 0.174. The van der Waals surface area contributed by atoms with Crippen molar-refractivity contribution in [3.63, 3.8) is 0 Å². The molecule has 1 N–H and O–H groups in total. The molecule has 0 spiro atoms. The van der Waals surface area contributed by atoms with Crippen molar-refractivity contribution < 1.29 is 9.90 Å². The van der Waals surface area contributed by atoms with Crippen LogP contribution < -0.4 is 0 Å². The molecule has 0 saturated heterocycles. The Hall–Kier alpha value is -0.960. The van der Waals surface area contributed by atoms with Gasteiger partial charge in [0.15, 0.2) is 0 Å². The summed E-state index contributed by atoms with van der Waals surface area (Å²) < 4.78 is 0. The fraction of sp³-hybridized carbons (Fsp3) is 0.364. The van der Waals surface area contributed by atoms with Crippen LogP contribution in [0.2, 0.25) is 0 Å². The van der Waals surface area contributed by atoms with Gasteiger partial charge in [-0.2, -0.15) is 0 Å². The highest BCUT2D eigenvalue weighted by Gasteiger charge is 2.20. The van der Waals surface area contributed by atoms with Crippen LogP contribution in [0.5, 0.6) is 5.75 Å². The van der Waals surface area contributed by atoms with Gasteiger partial charge in [0.2, 0.25) is 5.12 Å². The molecule has 0 aliphatic carbocycles. The second-order valence-electron chi connectivity index (χ2n) is 4.29. The van der Waals surface area contributed by atoms with Crippen molar-refractivity contribution in [2.75, 3.05) is 0 Å². The number of thiol groups is 1. The lowest BCUT2D eigenvalue weighted by atomic mass is 9.84. The first-order valence-corrected chi connectivity index (χ1v) is 4.84. The number of rotatable bonds is 1. The summed E-state index contributed by atoms with van der Waals surface area (Å²) >= 11 is 3.80. The lowest BCUT2D eigenvalue weighted by Crippen LogP contribution is -2.15. The number of carbonyl (C=O) groups is 1. The predicted octanol–water partition coefficient (Wildman–Crippen LogP) is 2.76. The van der Waals surface area contributed by atoms with E-state index in [0.29, 0.717) is 5.56 Å². The van der Waals surface area contributed by atoms with E-state index in [-0.39, 0.29) is 16.3 Å². The van der Waals surface area contributed by atoms with Crippen molar-refractivity contribution in [1.29, 1.82) is 0 Å². The zero-order valence-electron chi connectivity index (χ0n) is 8.53. The van der Waals surface area contributed by atoms with Gasteiger partial charge in [0.1, 0.15) is 5.75 Å². The maximum Gasteiger partial charge on any atom is 0.216 e. The molecule has 0 saturated carbocycles. The molecule has 0 amide bonds. The van der Waals surface area contributed by atoms with Crippen LogP contribution in [-0.2, 0) is 5.41 Å². The Balaban J connectivity index is 3.38. The standard InChI is InChI=1S/C11H14O2S/c1-11(2,3)9-6-7(12)4-5-8(9)10(13)14/h4-6,12H,1-3H3,(H,13,14). The number of hydrogen-bond donors (Lipinski definition) is 2. The van der Waals surface area contributed by atoms with E-state index in [9.17, 15) is 9.90 Å². The van der Waals surface area contributed by atoms with Crippen LogP contribution in [0.25, 0.3) is 0 Å². The normalized spacial score (nSPS) is 11.4. The van der Waals surface area contributed by atoms with Crippen LogP contribution in [0.3, 0.4) is 0 Å². The van der Waals surface area contributed by atoms with Crippen molar-refractivity contribution in [1.82, 2.24) is 0 Å². The summed E-state index contributed by atoms with van der Waals surface area (Å²) in [7, 11) is 0. The van der Waals surface area contributed by atoms with Gasteiger partial charge in [-0.3, -0.25) is 4.79 Å². The number of benzene rings is 1. The van der Waals surface area contributed by atoms with Crippen LogP contribution in [0.1, 0.15) is 36.7 Å². The number of aromatic hydroxyl groups is 1. The number of phenolic OH excluding ortho intramolecular Hbond substituents is 1. The molecule has 0 heterocycles. The van der Waals surface area contributed by atoms with Gasteiger partial charge in [0.25, 0.3) is 0 Å². The Morgan fingerprint density at radius 3 is 2.36 bits per heavy atom. The molecular weight excluding hydrogens is 196 g/mol. The third-order valence-corrected chi connectivity index (χ3v) is 2.28. The van der Waals surface area contributed by atoms with Crippen molar-refractivity contribution >= 4 is 17.7 Å². The highest BCUT2D eigenvalue weighted by molar-refractivity contribution is 7.97. The maximum atomic E-state index is 11.2. The van der Waals surface area contributed by atoms with Gasteiger partial charge in [-0.15, -0.1) is 12.6 Å². The molecule has 0 fully saturated rings. The Bertz CT molecular complexity index is 364. The van der Waals surface area contributed by atoms with Gasteiger partial charge >= 0.3 is 0 Å². The quantitative estimate of drug-likeness (QED) is 0.699. The molecule has 0 aromatic heterocycles. The van der Waals surface area contributed by atoms with Crippen LogP contribution in [0.4, 0.5) is 0 Å². The summed E-state index contributed by atoms with van der Waals surface area (Å²) in [6.07, 6.45) is 0. The topological polar surface area (TPSA) is 37.3 Å². The fourth-order valence-electron chi connectivity index (χ4n) is 1.34. The van der Waals surface area contributed by atoms with Crippen molar-refractivity contribution in [2.45, 2.75) is 26.2 Å². The highest BCUT2D eigenvalue weighted by Crippen LogP contribution is 2.29. The van der Waals surface area contributed by atoms with Gasteiger partial charge in [-0.25, -0.2) is 0 Å².